The average molecular weight is 234 g/mol. The Bertz CT molecular complexity index is 380. The van der Waals surface area contributed by atoms with E-state index in [0.29, 0.717) is 13.0 Å². The van der Waals surface area contributed by atoms with Crippen LogP contribution >= 0.6 is 0 Å². The third-order valence-electron chi connectivity index (χ3n) is 3.27. The van der Waals surface area contributed by atoms with Crippen molar-refractivity contribution in [3.8, 4) is 0 Å². The van der Waals surface area contributed by atoms with E-state index in [0.717, 1.165) is 13.1 Å². The van der Waals surface area contributed by atoms with Crippen molar-refractivity contribution < 1.29 is 9.90 Å². The summed E-state index contributed by atoms with van der Waals surface area (Å²) in [6, 6.07) is 10.1. The minimum absolute atomic E-state index is 0.407. The monoisotopic (exact) mass is 234 g/mol. The Hall–Kier alpha value is -1.39. The molecule has 1 saturated heterocycles. The van der Waals surface area contributed by atoms with E-state index in [1.54, 1.807) is 0 Å². The second-order valence-electron chi connectivity index (χ2n) is 4.59. The van der Waals surface area contributed by atoms with Gasteiger partial charge >= 0.3 is 0 Å². The van der Waals surface area contributed by atoms with Crippen LogP contribution in [0.3, 0.4) is 0 Å². The lowest BCUT2D eigenvalue weighted by Crippen LogP contribution is -2.48. The van der Waals surface area contributed by atoms with Gasteiger partial charge in [-0.3, -0.25) is 9.69 Å². The third kappa shape index (κ3) is 3.05. The van der Waals surface area contributed by atoms with Crippen molar-refractivity contribution >= 4 is 5.91 Å². The molecule has 0 aromatic heterocycles. The van der Waals surface area contributed by atoms with Crippen molar-refractivity contribution in [1.82, 2.24) is 4.90 Å². The molecule has 0 bridgehead atoms. The second-order valence-corrected chi connectivity index (χ2v) is 4.59. The Kier molecular flexibility index (Phi) is 3.76. The summed E-state index contributed by atoms with van der Waals surface area (Å²) in [5.74, 6) is -0.845. The minimum atomic E-state index is -0.584. The van der Waals surface area contributed by atoms with Crippen molar-refractivity contribution in [3.63, 3.8) is 0 Å². The summed E-state index contributed by atoms with van der Waals surface area (Å²) < 4.78 is 0. The van der Waals surface area contributed by atoms with E-state index in [1.807, 2.05) is 18.2 Å². The molecule has 2 atom stereocenters. The van der Waals surface area contributed by atoms with Crippen LogP contribution in [0.4, 0.5) is 0 Å². The van der Waals surface area contributed by atoms with E-state index in [-0.39, 0.29) is 0 Å². The summed E-state index contributed by atoms with van der Waals surface area (Å²) >= 11 is 0. The lowest BCUT2D eigenvalue weighted by molar-refractivity contribution is -0.128. The number of carbonyl (C=O) groups excluding carboxylic acids is 1. The first-order valence-corrected chi connectivity index (χ1v) is 5.90. The zero-order chi connectivity index (χ0) is 12.3. The maximum Gasteiger partial charge on any atom is 0.224 e. The highest BCUT2D eigenvalue weighted by atomic mass is 16.3. The number of rotatable bonds is 3. The Morgan fingerprint density at radius 2 is 2.12 bits per heavy atom. The van der Waals surface area contributed by atoms with E-state index in [9.17, 15) is 9.90 Å². The number of aliphatic hydroxyl groups excluding tert-OH is 1. The van der Waals surface area contributed by atoms with Gasteiger partial charge in [-0.1, -0.05) is 30.3 Å². The topological polar surface area (TPSA) is 66.6 Å². The molecule has 0 spiro atoms. The number of amides is 1. The number of nitrogens with zero attached hydrogens (tertiary/aromatic N) is 1. The van der Waals surface area contributed by atoms with E-state index in [2.05, 4.69) is 17.0 Å². The van der Waals surface area contributed by atoms with E-state index < -0.39 is 17.9 Å². The first-order valence-electron chi connectivity index (χ1n) is 5.90. The van der Waals surface area contributed by atoms with Crippen molar-refractivity contribution in [3.05, 3.63) is 35.9 Å². The molecule has 1 aliphatic heterocycles. The van der Waals surface area contributed by atoms with Gasteiger partial charge in [0.15, 0.2) is 0 Å². The van der Waals surface area contributed by atoms with Gasteiger partial charge in [-0.15, -0.1) is 0 Å². The Labute approximate surface area is 101 Å². The van der Waals surface area contributed by atoms with Gasteiger partial charge in [-0.2, -0.15) is 0 Å². The van der Waals surface area contributed by atoms with Crippen molar-refractivity contribution in [2.24, 2.45) is 11.7 Å². The third-order valence-corrected chi connectivity index (χ3v) is 3.27. The molecule has 1 aromatic rings. The summed E-state index contributed by atoms with van der Waals surface area (Å²) in [7, 11) is 0. The average Bonchev–Trinajstić information content (AvgIpc) is 2.32. The zero-order valence-electron chi connectivity index (χ0n) is 9.75. The number of likely N-dealkylation sites (tertiary alicyclic amines) is 1. The van der Waals surface area contributed by atoms with Gasteiger partial charge in [-0.25, -0.2) is 0 Å². The number of hydrogen-bond donors (Lipinski definition) is 2. The molecule has 1 amide bonds. The molecule has 0 saturated carbocycles. The first kappa shape index (κ1) is 12.1. The highest BCUT2D eigenvalue weighted by molar-refractivity contribution is 5.77. The SMILES string of the molecule is NC(=O)[C@@H]1CN(Cc2ccccc2)CC[C@@H]1O. The first-order chi connectivity index (χ1) is 8.16. The lowest BCUT2D eigenvalue weighted by atomic mass is 9.94. The van der Waals surface area contributed by atoms with Gasteiger partial charge in [0.1, 0.15) is 0 Å². The zero-order valence-corrected chi connectivity index (χ0v) is 9.75. The van der Waals surface area contributed by atoms with E-state index >= 15 is 0 Å². The Morgan fingerprint density at radius 1 is 1.41 bits per heavy atom. The number of carbonyl (C=O) groups is 1. The molecular weight excluding hydrogens is 216 g/mol. The number of benzene rings is 1. The van der Waals surface area contributed by atoms with Gasteiger partial charge in [0, 0.05) is 19.6 Å². The molecule has 1 heterocycles. The normalized spacial score (nSPS) is 25.7. The van der Waals surface area contributed by atoms with Gasteiger partial charge in [0.05, 0.1) is 12.0 Å². The molecule has 0 aliphatic carbocycles. The highest BCUT2D eigenvalue weighted by Crippen LogP contribution is 2.18. The van der Waals surface area contributed by atoms with Gasteiger partial charge in [-0.05, 0) is 12.0 Å². The fraction of sp³-hybridized carbons (Fsp3) is 0.462. The molecule has 1 aromatic carbocycles. The molecule has 1 aliphatic rings. The summed E-state index contributed by atoms with van der Waals surface area (Å²) in [4.78, 5) is 13.4. The summed E-state index contributed by atoms with van der Waals surface area (Å²) in [5.41, 5.74) is 6.50. The standard InChI is InChI=1S/C13H18N2O2/c14-13(17)11-9-15(7-6-12(11)16)8-10-4-2-1-3-5-10/h1-5,11-12,16H,6-9H2,(H2,14,17)/t11-,12+/m1/s1. The van der Waals surface area contributed by atoms with Crippen LogP contribution in [-0.4, -0.2) is 35.1 Å². The molecule has 1 fully saturated rings. The van der Waals surface area contributed by atoms with Crippen molar-refractivity contribution in [2.75, 3.05) is 13.1 Å². The molecule has 17 heavy (non-hydrogen) atoms. The Morgan fingerprint density at radius 3 is 2.76 bits per heavy atom. The molecule has 4 heteroatoms. The minimum Gasteiger partial charge on any atom is -0.392 e. The molecule has 3 N–H and O–H groups in total. The Balaban J connectivity index is 1.97. The van der Waals surface area contributed by atoms with E-state index in [4.69, 9.17) is 5.73 Å². The summed E-state index contributed by atoms with van der Waals surface area (Å²) in [6.07, 6.45) is 0.0278. The number of hydrogen-bond acceptors (Lipinski definition) is 3. The molecule has 4 nitrogen and oxygen atoms in total. The molecular formula is C13H18N2O2. The molecule has 2 rings (SSSR count). The number of piperidine rings is 1. The van der Waals surface area contributed by atoms with Crippen molar-refractivity contribution in [1.29, 1.82) is 0 Å². The van der Waals surface area contributed by atoms with Crippen LogP contribution < -0.4 is 5.73 Å². The second kappa shape index (κ2) is 5.29. The smallest absolute Gasteiger partial charge is 0.224 e. The molecule has 0 unspecified atom stereocenters. The fourth-order valence-electron chi connectivity index (χ4n) is 2.27. The van der Waals surface area contributed by atoms with Crippen LogP contribution in [0, 0.1) is 5.92 Å². The lowest BCUT2D eigenvalue weighted by Gasteiger charge is -2.34. The predicted molar refractivity (Wildman–Crippen MR) is 65.0 cm³/mol. The molecule has 0 radical (unpaired) electrons. The van der Waals surface area contributed by atoms with Crippen LogP contribution in [0.1, 0.15) is 12.0 Å². The van der Waals surface area contributed by atoms with Gasteiger partial charge < -0.3 is 10.8 Å². The number of aliphatic hydroxyl groups is 1. The van der Waals surface area contributed by atoms with Gasteiger partial charge in [0.25, 0.3) is 0 Å². The fourth-order valence-corrected chi connectivity index (χ4v) is 2.27. The van der Waals surface area contributed by atoms with Crippen molar-refractivity contribution in [2.45, 2.75) is 19.1 Å². The largest absolute Gasteiger partial charge is 0.392 e. The van der Waals surface area contributed by atoms with Gasteiger partial charge in [0.2, 0.25) is 5.91 Å². The molecule has 92 valence electrons. The maximum absolute atomic E-state index is 11.2. The number of primary amides is 1. The summed E-state index contributed by atoms with van der Waals surface area (Å²) in [5, 5.41) is 9.70. The highest BCUT2D eigenvalue weighted by Gasteiger charge is 2.31. The van der Waals surface area contributed by atoms with Crippen LogP contribution in [0.2, 0.25) is 0 Å². The summed E-state index contributed by atoms with van der Waals surface area (Å²) in [6.45, 7) is 2.16. The quantitative estimate of drug-likeness (QED) is 0.793. The van der Waals surface area contributed by atoms with Crippen LogP contribution in [0.25, 0.3) is 0 Å². The van der Waals surface area contributed by atoms with Crippen LogP contribution in [-0.2, 0) is 11.3 Å². The maximum atomic E-state index is 11.2. The van der Waals surface area contributed by atoms with Crippen LogP contribution in [0.5, 0.6) is 0 Å². The predicted octanol–water partition coefficient (Wildman–Crippen LogP) is 0.355. The number of nitrogens with two attached hydrogens (primary N) is 1. The van der Waals surface area contributed by atoms with Crippen LogP contribution in [0.15, 0.2) is 30.3 Å². The van der Waals surface area contributed by atoms with E-state index in [1.165, 1.54) is 5.56 Å².